The second kappa shape index (κ2) is 9.56. The van der Waals surface area contributed by atoms with Gasteiger partial charge in [0.05, 0.1) is 17.7 Å². The summed E-state index contributed by atoms with van der Waals surface area (Å²) < 4.78 is 11.3. The Morgan fingerprint density at radius 1 is 1.26 bits per heavy atom. The maximum atomic E-state index is 12.9. The molecule has 0 saturated carbocycles. The average molecular weight is 463 g/mol. The van der Waals surface area contributed by atoms with Crippen molar-refractivity contribution in [3.05, 3.63) is 69.9 Å². The maximum absolute atomic E-state index is 12.9. The lowest BCUT2D eigenvalue weighted by atomic mass is 10.1. The number of nitro groups is 1. The number of nitrogens with two attached hydrogens (primary N) is 1. The summed E-state index contributed by atoms with van der Waals surface area (Å²) >= 11 is 0. The first-order valence-electron chi connectivity index (χ1n) is 9.83. The predicted molar refractivity (Wildman–Crippen MR) is 118 cm³/mol. The number of amides is 1. The molecule has 2 aromatic heterocycles. The fourth-order valence-electron chi connectivity index (χ4n) is 3.01. The van der Waals surface area contributed by atoms with Crippen molar-refractivity contribution in [3.8, 4) is 22.8 Å². The Morgan fingerprint density at radius 2 is 2.03 bits per heavy atom. The van der Waals surface area contributed by atoms with Crippen molar-refractivity contribution in [1.82, 2.24) is 30.7 Å². The van der Waals surface area contributed by atoms with Crippen LogP contribution in [0.4, 0.5) is 11.5 Å². The summed E-state index contributed by atoms with van der Waals surface area (Å²) in [6.45, 7) is 2.33. The summed E-state index contributed by atoms with van der Waals surface area (Å²) in [5.74, 6) is -0.186. The van der Waals surface area contributed by atoms with E-state index < -0.39 is 10.8 Å². The molecule has 0 aliphatic heterocycles. The number of hydrogen-bond donors (Lipinski definition) is 2. The zero-order chi connectivity index (χ0) is 24.1. The third kappa shape index (κ3) is 4.40. The van der Waals surface area contributed by atoms with Crippen molar-refractivity contribution in [2.24, 2.45) is 5.10 Å². The second-order valence-corrected chi connectivity index (χ2v) is 6.65. The Balaban J connectivity index is 1.68. The summed E-state index contributed by atoms with van der Waals surface area (Å²) in [6.07, 6.45) is 1.43. The van der Waals surface area contributed by atoms with Crippen LogP contribution in [0, 0.1) is 10.1 Å². The Morgan fingerprint density at radius 3 is 2.71 bits per heavy atom. The number of benzene rings is 2. The molecule has 0 fully saturated rings. The van der Waals surface area contributed by atoms with Crippen molar-refractivity contribution in [2.45, 2.75) is 6.92 Å². The molecule has 0 atom stereocenters. The van der Waals surface area contributed by atoms with Crippen molar-refractivity contribution in [2.75, 3.05) is 12.3 Å². The number of hydrogen-bond acceptors (Lipinski definition) is 11. The second-order valence-electron chi connectivity index (χ2n) is 6.65. The van der Waals surface area contributed by atoms with Crippen molar-refractivity contribution in [3.63, 3.8) is 0 Å². The molecule has 4 rings (SSSR count). The number of non-ortho nitro benzene ring substituents is 1. The van der Waals surface area contributed by atoms with Crippen molar-refractivity contribution < 1.29 is 19.1 Å². The molecule has 0 saturated heterocycles. The predicted octanol–water partition coefficient (Wildman–Crippen LogP) is 1.97. The van der Waals surface area contributed by atoms with Crippen LogP contribution in [0.3, 0.4) is 0 Å². The fraction of sp³-hybridized carbons (Fsp3) is 0.100. The minimum Gasteiger partial charge on any atom is -0.493 e. The molecular weight excluding hydrogens is 446 g/mol. The Labute approximate surface area is 191 Å². The molecule has 34 heavy (non-hydrogen) atoms. The summed E-state index contributed by atoms with van der Waals surface area (Å²) in [6, 6.07) is 12.6. The number of anilines is 1. The minimum absolute atomic E-state index is 0.00551. The first kappa shape index (κ1) is 22.1. The molecule has 4 aromatic rings. The van der Waals surface area contributed by atoms with E-state index in [4.69, 9.17) is 10.5 Å². The van der Waals surface area contributed by atoms with Gasteiger partial charge in [-0.15, -0.1) is 5.10 Å². The van der Waals surface area contributed by atoms with Crippen LogP contribution in [0.1, 0.15) is 23.0 Å². The third-order valence-electron chi connectivity index (χ3n) is 4.52. The largest absolute Gasteiger partial charge is 0.493 e. The van der Waals surface area contributed by atoms with Crippen molar-refractivity contribution >= 4 is 23.6 Å². The van der Waals surface area contributed by atoms with Crippen LogP contribution < -0.4 is 15.9 Å². The van der Waals surface area contributed by atoms with Crippen molar-refractivity contribution in [1.29, 1.82) is 0 Å². The lowest BCUT2D eigenvalue weighted by molar-refractivity contribution is -0.384. The van der Waals surface area contributed by atoms with E-state index in [0.717, 1.165) is 4.68 Å². The molecule has 14 nitrogen and oxygen atoms in total. The Hall–Kier alpha value is -5.14. The van der Waals surface area contributed by atoms with E-state index in [0.29, 0.717) is 23.5 Å². The first-order valence-corrected chi connectivity index (χ1v) is 9.83. The van der Waals surface area contributed by atoms with Gasteiger partial charge in [-0.05, 0) is 41.5 Å². The number of ether oxygens (including phenoxy) is 1. The van der Waals surface area contributed by atoms with Gasteiger partial charge in [-0.1, -0.05) is 17.3 Å². The zero-order valence-corrected chi connectivity index (χ0v) is 17.7. The van der Waals surface area contributed by atoms with Crippen LogP contribution in [0.15, 0.2) is 58.3 Å². The molecule has 14 heteroatoms. The highest BCUT2D eigenvalue weighted by atomic mass is 16.6. The molecule has 1 amide bonds. The van der Waals surface area contributed by atoms with Gasteiger partial charge in [-0.2, -0.15) is 9.78 Å². The minimum atomic E-state index is -0.695. The number of hydrazone groups is 1. The summed E-state index contributed by atoms with van der Waals surface area (Å²) in [7, 11) is 0. The Bertz CT molecular complexity index is 1360. The van der Waals surface area contributed by atoms with Gasteiger partial charge in [0.1, 0.15) is 11.4 Å². The van der Waals surface area contributed by atoms with Crippen LogP contribution in [0.25, 0.3) is 17.1 Å². The molecule has 2 heterocycles. The number of nitro benzene ring substituents is 1. The van der Waals surface area contributed by atoms with E-state index in [2.05, 4.69) is 35.8 Å². The third-order valence-corrected chi connectivity index (χ3v) is 4.52. The number of para-hydroxylation sites is 1. The van der Waals surface area contributed by atoms with Gasteiger partial charge in [-0.25, -0.2) is 10.1 Å². The van der Waals surface area contributed by atoms with E-state index in [-0.39, 0.29) is 28.7 Å². The van der Waals surface area contributed by atoms with E-state index in [9.17, 15) is 14.9 Å². The SMILES string of the molecule is CCOc1ccccc1C=NNC(=O)c1nnn(-c2nonc2N)c1-c1ccc([N+](=O)[O-])cc1. The first-order chi connectivity index (χ1) is 16.5. The standard InChI is InChI=1S/C20H17N9O5/c1-2-33-15-6-4-3-5-13(15)11-22-24-20(30)16-17(12-7-9-14(10-8-12)29(31)32)28(27-23-16)19-18(21)25-34-26-19/h3-11H,2H2,1H3,(H2,21,25)(H,24,30). The molecule has 0 aliphatic rings. The van der Waals surface area contributed by atoms with Gasteiger partial charge in [-0.3, -0.25) is 14.9 Å². The monoisotopic (exact) mass is 463 g/mol. The molecule has 2 aromatic carbocycles. The number of nitrogens with one attached hydrogen (secondary N) is 1. The number of carbonyl (C=O) groups is 1. The fourth-order valence-corrected chi connectivity index (χ4v) is 3.01. The van der Waals surface area contributed by atoms with Crippen LogP contribution >= 0.6 is 0 Å². The average Bonchev–Trinajstić information content (AvgIpc) is 3.46. The number of aromatic nitrogens is 5. The molecule has 0 aliphatic carbocycles. The molecule has 0 spiro atoms. The van der Waals surface area contributed by atoms with E-state index >= 15 is 0 Å². The van der Waals surface area contributed by atoms with Gasteiger partial charge < -0.3 is 10.5 Å². The van der Waals surface area contributed by atoms with E-state index in [1.54, 1.807) is 18.2 Å². The van der Waals surface area contributed by atoms with E-state index in [1.165, 1.54) is 30.5 Å². The maximum Gasteiger partial charge on any atom is 0.294 e. The lowest BCUT2D eigenvalue weighted by Crippen LogP contribution is -2.19. The van der Waals surface area contributed by atoms with Crippen LogP contribution in [0.2, 0.25) is 0 Å². The number of carbonyl (C=O) groups excluding carboxylic acids is 1. The summed E-state index contributed by atoms with van der Waals surface area (Å²) in [5.41, 5.74) is 9.09. The molecule has 0 unspecified atom stereocenters. The van der Waals surface area contributed by atoms with Crippen LogP contribution in [-0.2, 0) is 0 Å². The Kier molecular flexibility index (Phi) is 6.20. The number of nitrogen functional groups attached to an aromatic ring is 1. The number of nitrogens with zero attached hydrogens (tertiary/aromatic N) is 7. The topological polar surface area (TPSA) is 189 Å². The summed E-state index contributed by atoms with van der Waals surface area (Å²) in [4.78, 5) is 23.4. The molecule has 0 radical (unpaired) electrons. The molecule has 0 bridgehead atoms. The van der Waals surface area contributed by atoms with Gasteiger partial charge in [0.15, 0.2) is 5.69 Å². The van der Waals surface area contributed by atoms with Crippen LogP contribution in [-0.4, -0.2) is 49.0 Å². The zero-order valence-electron chi connectivity index (χ0n) is 17.7. The van der Waals surface area contributed by atoms with Crippen LogP contribution in [0.5, 0.6) is 5.75 Å². The molecule has 172 valence electrons. The highest BCUT2D eigenvalue weighted by molar-refractivity contribution is 5.99. The van der Waals surface area contributed by atoms with E-state index in [1.807, 2.05) is 13.0 Å². The van der Waals surface area contributed by atoms with Gasteiger partial charge >= 0.3 is 0 Å². The summed E-state index contributed by atoms with van der Waals surface area (Å²) in [5, 5.41) is 30.0. The lowest BCUT2D eigenvalue weighted by Gasteiger charge is -2.06. The normalized spacial score (nSPS) is 11.0. The highest BCUT2D eigenvalue weighted by Crippen LogP contribution is 2.28. The molecule has 3 N–H and O–H groups in total. The van der Waals surface area contributed by atoms with Gasteiger partial charge in [0, 0.05) is 23.3 Å². The van der Waals surface area contributed by atoms with Gasteiger partial charge in [0.2, 0.25) is 11.6 Å². The number of rotatable bonds is 8. The smallest absolute Gasteiger partial charge is 0.294 e. The quantitative estimate of drug-likeness (QED) is 0.222. The molecular formula is C20H17N9O5. The highest BCUT2D eigenvalue weighted by Gasteiger charge is 2.25. The van der Waals surface area contributed by atoms with Gasteiger partial charge in [0.25, 0.3) is 11.6 Å².